The quantitative estimate of drug-likeness (QED) is 0.710. The summed E-state index contributed by atoms with van der Waals surface area (Å²) in [7, 11) is 1.20. The van der Waals surface area contributed by atoms with Gasteiger partial charge in [-0.3, -0.25) is 4.79 Å². The second-order valence-corrected chi connectivity index (χ2v) is 4.11. The van der Waals surface area contributed by atoms with Crippen LogP contribution >= 0.6 is 11.3 Å². The molecule has 0 aliphatic heterocycles. The van der Waals surface area contributed by atoms with Gasteiger partial charge in [-0.25, -0.2) is 4.79 Å². The van der Waals surface area contributed by atoms with Gasteiger partial charge in [-0.05, 0) is 11.4 Å². The molecular formula is C10H13NO4S. The third kappa shape index (κ3) is 3.63. The van der Waals surface area contributed by atoms with E-state index in [4.69, 9.17) is 5.11 Å². The zero-order valence-electron chi connectivity index (χ0n) is 8.80. The van der Waals surface area contributed by atoms with Crippen molar-refractivity contribution >= 4 is 23.2 Å². The van der Waals surface area contributed by atoms with Crippen LogP contribution < -0.4 is 5.32 Å². The summed E-state index contributed by atoms with van der Waals surface area (Å²) in [6, 6.07) is 2.69. The molecule has 0 saturated heterocycles. The Morgan fingerprint density at radius 3 is 2.88 bits per heavy atom. The van der Waals surface area contributed by atoms with Crippen LogP contribution in [-0.4, -0.2) is 36.7 Å². The Morgan fingerprint density at radius 1 is 1.62 bits per heavy atom. The minimum Gasteiger partial charge on any atom is -0.467 e. The molecule has 0 radical (unpaired) electrons. The molecule has 5 nitrogen and oxygen atoms in total. The highest BCUT2D eigenvalue weighted by molar-refractivity contribution is 7.10. The van der Waals surface area contributed by atoms with Crippen molar-refractivity contribution in [2.75, 3.05) is 13.7 Å². The lowest BCUT2D eigenvalue weighted by atomic mass is 10.2. The SMILES string of the molecule is COC(=O)[C@H](CO)NC(=O)Cc1cccs1. The minimum atomic E-state index is -0.988. The second kappa shape index (κ2) is 6.24. The zero-order chi connectivity index (χ0) is 12.0. The number of carbonyl (C=O) groups is 2. The molecule has 0 spiro atoms. The van der Waals surface area contributed by atoms with Crippen LogP contribution in [0.5, 0.6) is 0 Å². The molecule has 1 aromatic heterocycles. The van der Waals surface area contributed by atoms with Crippen molar-refractivity contribution in [1.29, 1.82) is 0 Å². The molecule has 0 saturated carbocycles. The third-order valence-corrected chi connectivity index (χ3v) is 2.79. The van der Waals surface area contributed by atoms with Gasteiger partial charge < -0.3 is 15.2 Å². The Kier molecular flexibility index (Phi) is 4.94. The lowest BCUT2D eigenvalue weighted by Crippen LogP contribution is -2.44. The summed E-state index contributed by atoms with van der Waals surface area (Å²) in [5.41, 5.74) is 0. The maximum atomic E-state index is 11.5. The fraction of sp³-hybridized carbons (Fsp3) is 0.400. The van der Waals surface area contributed by atoms with Crippen molar-refractivity contribution < 1.29 is 19.4 Å². The smallest absolute Gasteiger partial charge is 0.330 e. The molecule has 1 aromatic rings. The monoisotopic (exact) mass is 243 g/mol. The number of aliphatic hydroxyl groups is 1. The number of carbonyl (C=O) groups excluding carboxylic acids is 2. The van der Waals surface area contributed by atoms with Gasteiger partial charge in [0.25, 0.3) is 0 Å². The highest BCUT2D eigenvalue weighted by Gasteiger charge is 2.20. The van der Waals surface area contributed by atoms with Crippen LogP contribution in [0.4, 0.5) is 0 Å². The molecular weight excluding hydrogens is 230 g/mol. The lowest BCUT2D eigenvalue weighted by Gasteiger charge is -2.13. The van der Waals surface area contributed by atoms with E-state index in [-0.39, 0.29) is 12.3 Å². The first kappa shape index (κ1) is 12.7. The molecule has 0 aromatic carbocycles. The van der Waals surface area contributed by atoms with Crippen LogP contribution in [0.3, 0.4) is 0 Å². The van der Waals surface area contributed by atoms with Crippen LogP contribution in [0.2, 0.25) is 0 Å². The summed E-state index contributed by atoms with van der Waals surface area (Å²) in [4.78, 5) is 23.5. The summed E-state index contributed by atoms with van der Waals surface area (Å²) >= 11 is 1.46. The topological polar surface area (TPSA) is 75.6 Å². The number of methoxy groups -OCH3 is 1. The van der Waals surface area contributed by atoms with E-state index in [0.717, 1.165) is 4.88 Å². The Hall–Kier alpha value is -1.40. The predicted octanol–water partition coefficient (Wildman–Crippen LogP) is -0.0593. The van der Waals surface area contributed by atoms with E-state index < -0.39 is 18.6 Å². The van der Waals surface area contributed by atoms with Gasteiger partial charge in [0.1, 0.15) is 0 Å². The number of thiophene rings is 1. The van der Waals surface area contributed by atoms with Gasteiger partial charge in [0.2, 0.25) is 5.91 Å². The number of amides is 1. The van der Waals surface area contributed by atoms with E-state index in [9.17, 15) is 9.59 Å². The van der Waals surface area contributed by atoms with Gasteiger partial charge in [-0.15, -0.1) is 11.3 Å². The predicted molar refractivity (Wildman–Crippen MR) is 59.1 cm³/mol. The normalized spacial score (nSPS) is 11.9. The Balaban J connectivity index is 2.46. The number of aliphatic hydroxyl groups excluding tert-OH is 1. The van der Waals surface area contributed by atoms with Gasteiger partial charge in [0.05, 0.1) is 20.1 Å². The van der Waals surface area contributed by atoms with Gasteiger partial charge in [-0.1, -0.05) is 6.07 Å². The summed E-state index contributed by atoms with van der Waals surface area (Å²) < 4.78 is 4.43. The number of esters is 1. The van der Waals surface area contributed by atoms with Crippen molar-refractivity contribution in [1.82, 2.24) is 5.32 Å². The van der Waals surface area contributed by atoms with Gasteiger partial charge >= 0.3 is 5.97 Å². The van der Waals surface area contributed by atoms with Crippen molar-refractivity contribution in [3.63, 3.8) is 0 Å². The molecule has 1 heterocycles. The van der Waals surface area contributed by atoms with Crippen LogP contribution in [-0.2, 0) is 20.7 Å². The van der Waals surface area contributed by atoms with E-state index in [1.54, 1.807) is 0 Å². The third-order valence-electron chi connectivity index (χ3n) is 1.92. The molecule has 0 unspecified atom stereocenters. The highest BCUT2D eigenvalue weighted by atomic mass is 32.1. The number of hydrogen-bond acceptors (Lipinski definition) is 5. The van der Waals surface area contributed by atoms with Gasteiger partial charge in [0, 0.05) is 4.88 Å². The van der Waals surface area contributed by atoms with Gasteiger partial charge in [0.15, 0.2) is 6.04 Å². The molecule has 0 bridgehead atoms. The number of hydrogen-bond donors (Lipinski definition) is 2. The summed E-state index contributed by atoms with van der Waals surface area (Å²) in [5, 5.41) is 13.2. The number of nitrogens with one attached hydrogen (secondary N) is 1. The molecule has 1 rings (SSSR count). The molecule has 1 amide bonds. The fourth-order valence-corrected chi connectivity index (χ4v) is 1.84. The molecule has 0 aliphatic carbocycles. The molecule has 16 heavy (non-hydrogen) atoms. The summed E-state index contributed by atoms with van der Waals surface area (Å²) in [6.45, 7) is -0.469. The molecule has 6 heteroatoms. The zero-order valence-corrected chi connectivity index (χ0v) is 9.62. The molecule has 2 N–H and O–H groups in total. The molecule has 0 fully saturated rings. The van der Waals surface area contributed by atoms with Crippen LogP contribution in [0, 0.1) is 0 Å². The Morgan fingerprint density at radius 2 is 2.38 bits per heavy atom. The first-order chi connectivity index (χ1) is 7.67. The van der Waals surface area contributed by atoms with Crippen LogP contribution in [0.15, 0.2) is 17.5 Å². The summed E-state index contributed by atoms with van der Waals surface area (Å²) in [6.07, 6.45) is 0.200. The minimum absolute atomic E-state index is 0.200. The average molecular weight is 243 g/mol. The first-order valence-corrected chi connectivity index (χ1v) is 5.55. The Labute approximate surface area is 97.0 Å². The Bertz CT molecular complexity index is 350. The van der Waals surface area contributed by atoms with Crippen molar-refractivity contribution in [2.45, 2.75) is 12.5 Å². The maximum Gasteiger partial charge on any atom is 0.330 e. The fourth-order valence-electron chi connectivity index (χ4n) is 1.14. The van der Waals surface area contributed by atoms with Crippen molar-refractivity contribution in [3.8, 4) is 0 Å². The van der Waals surface area contributed by atoms with E-state index in [2.05, 4.69) is 10.1 Å². The molecule has 1 atom stereocenters. The first-order valence-electron chi connectivity index (χ1n) is 4.67. The van der Waals surface area contributed by atoms with E-state index >= 15 is 0 Å². The molecule has 88 valence electrons. The largest absolute Gasteiger partial charge is 0.467 e. The standard InChI is InChI=1S/C10H13NO4S/c1-15-10(14)8(6-12)11-9(13)5-7-3-2-4-16-7/h2-4,8,12H,5-6H2,1H3,(H,11,13)/t8-/m0/s1. The highest BCUT2D eigenvalue weighted by Crippen LogP contribution is 2.08. The lowest BCUT2D eigenvalue weighted by molar-refractivity contribution is -0.146. The summed E-state index contributed by atoms with van der Waals surface area (Å²) in [5.74, 6) is -0.964. The van der Waals surface area contributed by atoms with E-state index in [0.29, 0.717) is 0 Å². The average Bonchev–Trinajstić information content (AvgIpc) is 2.77. The maximum absolute atomic E-state index is 11.5. The number of ether oxygens (including phenoxy) is 1. The van der Waals surface area contributed by atoms with Crippen molar-refractivity contribution in [3.05, 3.63) is 22.4 Å². The van der Waals surface area contributed by atoms with Crippen LogP contribution in [0.25, 0.3) is 0 Å². The van der Waals surface area contributed by atoms with Gasteiger partial charge in [-0.2, -0.15) is 0 Å². The number of rotatable bonds is 5. The van der Waals surface area contributed by atoms with Crippen molar-refractivity contribution in [2.24, 2.45) is 0 Å². The van der Waals surface area contributed by atoms with E-state index in [1.165, 1.54) is 18.4 Å². The second-order valence-electron chi connectivity index (χ2n) is 3.08. The molecule has 0 aliphatic rings. The van der Waals surface area contributed by atoms with Crippen LogP contribution in [0.1, 0.15) is 4.88 Å². The van der Waals surface area contributed by atoms with E-state index in [1.807, 2.05) is 17.5 Å².